The molecule has 2 aliphatic heterocycles. The number of carbonyl (C=O) groups excluding carboxylic acids is 1. The lowest BCUT2D eigenvalue weighted by molar-refractivity contribution is -0.125. The van der Waals surface area contributed by atoms with Gasteiger partial charge < -0.3 is 14.7 Å². The molecule has 1 aromatic heterocycles. The fourth-order valence-electron chi connectivity index (χ4n) is 5.77. The van der Waals surface area contributed by atoms with E-state index in [1.165, 1.54) is 71.2 Å². The average molecular weight is 447 g/mol. The van der Waals surface area contributed by atoms with E-state index in [-0.39, 0.29) is 5.91 Å². The molecular formula is C28H38N4O. The minimum Gasteiger partial charge on any atom is -0.369 e. The maximum absolute atomic E-state index is 12.3. The number of amides is 1. The third kappa shape index (κ3) is 4.22. The number of carbonyl (C=O) groups is 1. The van der Waals surface area contributed by atoms with Gasteiger partial charge in [-0.1, -0.05) is 19.2 Å². The van der Waals surface area contributed by atoms with Crippen LogP contribution < -0.4 is 4.90 Å². The number of rotatable bonds is 6. The number of allylic oxidation sites excluding steroid dienone is 1. The van der Waals surface area contributed by atoms with Crippen molar-refractivity contribution in [1.82, 2.24) is 14.8 Å². The van der Waals surface area contributed by atoms with Crippen LogP contribution in [-0.4, -0.2) is 59.5 Å². The van der Waals surface area contributed by atoms with Crippen molar-refractivity contribution < 1.29 is 4.79 Å². The third-order valence-corrected chi connectivity index (χ3v) is 8.05. The molecule has 2 saturated carbocycles. The van der Waals surface area contributed by atoms with Crippen LogP contribution in [0.3, 0.4) is 0 Å². The molecule has 1 aromatic rings. The maximum atomic E-state index is 12.3. The number of hydrogen-bond donors (Lipinski definition) is 0. The van der Waals surface area contributed by atoms with E-state index in [2.05, 4.69) is 49.8 Å². The Labute approximate surface area is 198 Å². The normalized spacial score (nSPS) is 23.4. The minimum absolute atomic E-state index is 0.0222. The Morgan fingerprint density at radius 3 is 2.52 bits per heavy atom. The molecule has 4 aliphatic rings. The lowest BCUT2D eigenvalue weighted by atomic mass is 9.91. The molecule has 1 atom stereocenters. The van der Waals surface area contributed by atoms with Crippen molar-refractivity contribution in [2.45, 2.75) is 64.8 Å². The summed E-state index contributed by atoms with van der Waals surface area (Å²) in [6.07, 6.45) is 9.78. The molecule has 0 bridgehead atoms. The van der Waals surface area contributed by atoms with Crippen molar-refractivity contribution in [2.24, 2.45) is 5.92 Å². The molecule has 5 nitrogen and oxygen atoms in total. The third-order valence-electron chi connectivity index (χ3n) is 8.05. The van der Waals surface area contributed by atoms with E-state index in [0.717, 1.165) is 38.5 Å². The first-order chi connectivity index (χ1) is 15.9. The summed E-state index contributed by atoms with van der Waals surface area (Å²) in [5, 5.41) is 0. The van der Waals surface area contributed by atoms with Gasteiger partial charge in [-0.15, -0.1) is 0 Å². The van der Waals surface area contributed by atoms with Gasteiger partial charge in [0.15, 0.2) is 0 Å². The summed E-state index contributed by atoms with van der Waals surface area (Å²) in [6, 6.07) is 0.557. The van der Waals surface area contributed by atoms with Gasteiger partial charge in [0.1, 0.15) is 5.82 Å². The first-order valence-electron chi connectivity index (χ1n) is 12.7. The van der Waals surface area contributed by atoms with E-state index in [4.69, 9.17) is 4.98 Å². The molecule has 5 rings (SSSR count). The number of anilines is 1. The van der Waals surface area contributed by atoms with Crippen LogP contribution in [0.25, 0.3) is 5.57 Å². The highest BCUT2D eigenvalue weighted by atomic mass is 16.2. The zero-order valence-electron chi connectivity index (χ0n) is 20.6. The van der Waals surface area contributed by atoms with Crippen molar-refractivity contribution in [3.63, 3.8) is 0 Å². The monoisotopic (exact) mass is 446 g/mol. The van der Waals surface area contributed by atoms with Gasteiger partial charge in [0.05, 0.1) is 5.69 Å². The first kappa shape index (κ1) is 22.2. The summed E-state index contributed by atoms with van der Waals surface area (Å²) in [6.45, 7) is 19.1. The van der Waals surface area contributed by atoms with Gasteiger partial charge in [-0.05, 0) is 81.6 Å². The van der Waals surface area contributed by atoms with Crippen LogP contribution >= 0.6 is 0 Å². The van der Waals surface area contributed by atoms with E-state index in [1.807, 2.05) is 4.90 Å². The Morgan fingerprint density at radius 2 is 1.88 bits per heavy atom. The van der Waals surface area contributed by atoms with E-state index in [0.29, 0.717) is 18.5 Å². The van der Waals surface area contributed by atoms with E-state index < -0.39 is 0 Å². The summed E-state index contributed by atoms with van der Waals surface area (Å²) < 4.78 is 0. The zero-order chi connectivity index (χ0) is 23.3. The number of nitrogens with zero attached hydrogens (tertiary/aromatic N) is 4. The molecule has 5 heteroatoms. The van der Waals surface area contributed by atoms with Gasteiger partial charge in [-0.2, -0.15) is 0 Å². The second-order valence-corrected chi connectivity index (χ2v) is 10.5. The number of aromatic nitrogens is 1. The molecule has 2 aliphatic carbocycles. The van der Waals surface area contributed by atoms with Crippen LogP contribution in [0.5, 0.6) is 0 Å². The van der Waals surface area contributed by atoms with Crippen LogP contribution in [0.1, 0.15) is 67.3 Å². The second-order valence-electron chi connectivity index (χ2n) is 10.5. The topological polar surface area (TPSA) is 39.7 Å². The molecule has 176 valence electrons. The number of piperazine rings is 1. The van der Waals surface area contributed by atoms with Crippen LogP contribution in [-0.2, 0) is 4.79 Å². The van der Waals surface area contributed by atoms with Crippen molar-refractivity contribution in [2.75, 3.05) is 37.6 Å². The molecule has 1 amide bonds. The van der Waals surface area contributed by atoms with Gasteiger partial charge in [-0.25, -0.2) is 4.98 Å². The molecular weight excluding hydrogens is 408 g/mol. The van der Waals surface area contributed by atoms with Gasteiger partial charge in [0, 0.05) is 55.9 Å². The predicted molar refractivity (Wildman–Crippen MR) is 135 cm³/mol. The summed E-state index contributed by atoms with van der Waals surface area (Å²) in [4.78, 5) is 24.7. The van der Waals surface area contributed by atoms with Crippen LogP contribution in [0.4, 0.5) is 5.82 Å². The summed E-state index contributed by atoms with van der Waals surface area (Å²) in [5.41, 5.74) is 7.66. The summed E-state index contributed by atoms with van der Waals surface area (Å²) >= 11 is 0. The molecule has 0 aromatic carbocycles. The van der Waals surface area contributed by atoms with Crippen molar-refractivity contribution in [1.29, 1.82) is 0 Å². The van der Waals surface area contributed by atoms with Crippen LogP contribution in [0, 0.1) is 19.8 Å². The van der Waals surface area contributed by atoms with E-state index in [1.54, 1.807) is 0 Å². The van der Waals surface area contributed by atoms with Crippen LogP contribution in [0.15, 0.2) is 31.0 Å². The van der Waals surface area contributed by atoms with Crippen molar-refractivity contribution >= 4 is 17.3 Å². The highest BCUT2D eigenvalue weighted by molar-refractivity contribution is 5.89. The molecule has 3 fully saturated rings. The Bertz CT molecular complexity index is 1020. The maximum Gasteiger partial charge on any atom is 0.246 e. The SMILES string of the molecule is C=CC(=O)N1CCC=C(c2c(C3CC3)nc(N3CCN(C(=C)C)C(C4CC4)C3)c(C)c2C)C1. The molecule has 0 spiro atoms. The first-order valence-corrected chi connectivity index (χ1v) is 12.7. The molecule has 0 radical (unpaired) electrons. The average Bonchev–Trinajstić information content (AvgIpc) is 3.72. The molecule has 1 unspecified atom stereocenters. The lowest BCUT2D eigenvalue weighted by Crippen LogP contribution is -2.53. The molecule has 3 heterocycles. The number of pyridine rings is 1. The van der Waals surface area contributed by atoms with Gasteiger partial charge in [0.25, 0.3) is 0 Å². The predicted octanol–water partition coefficient (Wildman–Crippen LogP) is 4.81. The Balaban J connectivity index is 1.49. The zero-order valence-corrected chi connectivity index (χ0v) is 20.6. The quantitative estimate of drug-likeness (QED) is 0.588. The van der Waals surface area contributed by atoms with Gasteiger partial charge in [0.2, 0.25) is 5.91 Å². The Morgan fingerprint density at radius 1 is 1.12 bits per heavy atom. The molecule has 1 saturated heterocycles. The molecule has 33 heavy (non-hydrogen) atoms. The van der Waals surface area contributed by atoms with Crippen LogP contribution in [0.2, 0.25) is 0 Å². The Hall–Kier alpha value is -2.56. The fourth-order valence-corrected chi connectivity index (χ4v) is 5.77. The molecule has 0 N–H and O–H groups in total. The lowest BCUT2D eigenvalue weighted by Gasteiger charge is -2.44. The fraction of sp³-hybridized carbons (Fsp3) is 0.571. The van der Waals surface area contributed by atoms with Gasteiger partial charge in [-0.3, -0.25) is 4.79 Å². The van der Waals surface area contributed by atoms with Crippen molar-refractivity contribution in [3.8, 4) is 0 Å². The summed E-state index contributed by atoms with van der Waals surface area (Å²) in [5.74, 6) is 2.56. The van der Waals surface area contributed by atoms with E-state index >= 15 is 0 Å². The highest BCUT2D eigenvalue weighted by Gasteiger charge is 2.40. The summed E-state index contributed by atoms with van der Waals surface area (Å²) in [7, 11) is 0. The standard InChI is InChI=1S/C28H38N4O/c1-6-25(33)30-13-7-8-23(16-30)26-19(4)20(5)28(29-27(26)22-11-12-22)31-14-15-32(18(2)3)24(17-31)21-9-10-21/h6,8,21-22,24H,1-2,7,9-17H2,3-5H3. The van der Waals surface area contributed by atoms with Crippen molar-refractivity contribution in [3.05, 3.63) is 53.4 Å². The largest absolute Gasteiger partial charge is 0.369 e. The van der Waals surface area contributed by atoms with Gasteiger partial charge >= 0.3 is 0 Å². The highest BCUT2D eigenvalue weighted by Crippen LogP contribution is 2.46. The minimum atomic E-state index is 0.0222. The smallest absolute Gasteiger partial charge is 0.246 e. The van der Waals surface area contributed by atoms with E-state index in [9.17, 15) is 4.79 Å². The number of hydrogen-bond acceptors (Lipinski definition) is 4. The Kier molecular flexibility index (Phi) is 5.84. The second kappa shape index (κ2) is 8.66.